The van der Waals surface area contributed by atoms with E-state index in [9.17, 15) is 8.42 Å². The molecule has 0 amide bonds. The van der Waals surface area contributed by atoms with E-state index in [1.165, 1.54) is 0 Å². The summed E-state index contributed by atoms with van der Waals surface area (Å²) in [5.74, 6) is 0. The predicted octanol–water partition coefficient (Wildman–Crippen LogP) is 1.98. The first kappa shape index (κ1) is 16.9. The molecule has 20 heavy (non-hydrogen) atoms. The van der Waals surface area contributed by atoms with E-state index in [1.54, 1.807) is 19.1 Å². The Kier molecular flexibility index (Phi) is 6.45. The SMILES string of the molecule is CCCCOCCNS(=O)(=O)c1cc(C)cc(N)c1C. The lowest BCUT2D eigenvalue weighted by atomic mass is 10.1. The number of rotatable bonds is 8. The second kappa shape index (κ2) is 7.61. The van der Waals surface area contributed by atoms with E-state index in [4.69, 9.17) is 10.5 Å². The first-order chi connectivity index (χ1) is 9.38. The van der Waals surface area contributed by atoms with Crippen LogP contribution in [0.2, 0.25) is 0 Å². The lowest BCUT2D eigenvalue weighted by Gasteiger charge is -2.12. The van der Waals surface area contributed by atoms with Gasteiger partial charge in [-0.1, -0.05) is 13.3 Å². The molecule has 1 aromatic carbocycles. The van der Waals surface area contributed by atoms with Crippen molar-refractivity contribution >= 4 is 15.7 Å². The molecule has 3 N–H and O–H groups in total. The van der Waals surface area contributed by atoms with Crippen molar-refractivity contribution in [2.24, 2.45) is 0 Å². The third kappa shape index (κ3) is 4.77. The number of benzene rings is 1. The number of anilines is 1. The van der Waals surface area contributed by atoms with Gasteiger partial charge in [0.1, 0.15) is 0 Å². The second-order valence-electron chi connectivity index (χ2n) is 4.84. The van der Waals surface area contributed by atoms with Crippen molar-refractivity contribution in [2.75, 3.05) is 25.5 Å². The first-order valence-electron chi connectivity index (χ1n) is 6.82. The van der Waals surface area contributed by atoms with Crippen LogP contribution in [0.15, 0.2) is 17.0 Å². The van der Waals surface area contributed by atoms with Crippen LogP contribution in [0.1, 0.15) is 30.9 Å². The average Bonchev–Trinajstić information content (AvgIpc) is 2.37. The van der Waals surface area contributed by atoms with Crippen LogP contribution in [0.3, 0.4) is 0 Å². The highest BCUT2D eigenvalue weighted by Gasteiger charge is 2.18. The summed E-state index contributed by atoms with van der Waals surface area (Å²) < 4.78 is 32.3. The van der Waals surface area contributed by atoms with Gasteiger partial charge in [0.25, 0.3) is 0 Å². The quantitative estimate of drug-likeness (QED) is 0.568. The monoisotopic (exact) mass is 300 g/mol. The van der Waals surface area contributed by atoms with Crippen LogP contribution in [0.25, 0.3) is 0 Å². The fraction of sp³-hybridized carbons (Fsp3) is 0.571. The van der Waals surface area contributed by atoms with Gasteiger partial charge in [0, 0.05) is 18.8 Å². The van der Waals surface area contributed by atoms with E-state index in [0.29, 0.717) is 24.5 Å². The molecule has 0 radical (unpaired) electrons. The van der Waals surface area contributed by atoms with E-state index in [0.717, 1.165) is 18.4 Å². The summed E-state index contributed by atoms with van der Waals surface area (Å²) in [5.41, 5.74) is 7.71. The van der Waals surface area contributed by atoms with E-state index in [2.05, 4.69) is 11.6 Å². The molecule has 0 fully saturated rings. The maximum atomic E-state index is 12.2. The zero-order valence-corrected chi connectivity index (χ0v) is 13.2. The Morgan fingerprint density at radius 1 is 1.25 bits per heavy atom. The highest BCUT2D eigenvalue weighted by molar-refractivity contribution is 7.89. The van der Waals surface area contributed by atoms with Gasteiger partial charge < -0.3 is 10.5 Å². The van der Waals surface area contributed by atoms with Gasteiger partial charge in [0.05, 0.1) is 11.5 Å². The predicted molar refractivity (Wildman–Crippen MR) is 81.2 cm³/mol. The number of ether oxygens (including phenoxy) is 1. The number of nitrogens with one attached hydrogen (secondary N) is 1. The van der Waals surface area contributed by atoms with Crippen molar-refractivity contribution in [3.8, 4) is 0 Å². The summed E-state index contributed by atoms with van der Waals surface area (Å²) >= 11 is 0. The van der Waals surface area contributed by atoms with Gasteiger partial charge in [-0.3, -0.25) is 0 Å². The molecule has 1 rings (SSSR count). The summed E-state index contributed by atoms with van der Waals surface area (Å²) in [6, 6.07) is 3.40. The van der Waals surface area contributed by atoms with Crippen LogP contribution in [0.4, 0.5) is 5.69 Å². The van der Waals surface area contributed by atoms with Gasteiger partial charge in [-0.2, -0.15) is 0 Å². The highest BCUT2D eigenvalue weighted by Crippen LogP contribution is 2.22. The Morgan fingerprint density at radius 2 is 1.95 bits per heavy atom. The van der Waals surface area contributed by atoms with Gasteiger partial charge in [-0.15, -0.1) is 0 Å². The molecule has 0 heterocycles. The number of nitrogens with two attached hydrogens (primary N) is 1. The minimum absolute atomic E-state index is 0.239. The molecule has 0 spiro atoms. The van der Waals surface area contributed by atoms with Crippen molar-refractivity contribution in [2.45, 2.75) is 38.5 Å². The van der Waals surface area contributed by atoms with E-state index in [1.807, 2.05) is 6.92 Å². The average molecular weight is 300 g/mol. The fourth-order valence-corrected chi connectivity index (χ4v) is 3.18. The smallest absolute Gasteiger partial charge is 0.240 e. The molecule has 0 atom stereocenters. The van der Waals surface area contributed by atoms with E-state index in [-0.39, 0.29) is 11.4 Å². The molecule has 0 aliphatic heterocycles. The molecule has 0 aromatic heterocycles. The van der Waals surface area contributed by atoms with Gasteiger partial charge in [0.2, 0.25) is 10.0 Å². The molecule has 0 aliphatic carbocycles. The molecule has 1 aromatic rings. The lowest BCUT2D eigenvalue weighted by Crippen LogP contribution is -2.28. The summed E-state index contributed by atoms with van der Waals surface area (Å²) in [6.45, 7) is 6.91. The largest absolute Gasteiger partial charge is 0.398 e. The van der Waals surface area contributed by atoms with Crippen LogP contribution in [-0.4, -0.2) is 28.2 Å². The van der Waals surface area contributed by atoms with Crippen molar-refractivity contribution < 1.29 is 13.2 Å². The van der Waals surface area contributed by atoms with Gasteiger partial charge in [-0.05, 0) is 43.5 Å². The Morgan fingerprint density at radius 3 is 2.60 bits per heavy atom. The Hall–Kier alpha value is -1.11. The zero-order valence-electron chi connectivity index (χ0n) is 12.4. The summed E-state index contributed by atoms with van der Waals surface area (Å²) in [6.07, 6.45) is 2.05. The van der Waals surface area contributed by atoms with Crippen LogP contribution in [0.5, 0.6) is 0 Å². The molecule has 5 nitrogen and oxygen atoms in total. The van der Waals surface area contributed by atoms with Crippen LogP contribution in [0, 0.1) is 13.8 Å². The zero-order chi connectivity index (χ0) is 15.2. The molecule has 6 heteroatoms. The molecule has 0 bridgehead atoms. The standard InChI is InChI=1S/C14H24N2O3S/c1-4-5-7-19-8-6-16-20(17,18)14-10-11(2)9-13(15)12(14)3/h9-10,16H,4-8,15H2,1-3H3. The van der Waals surface area contributed by atoms with Gasteiger partial charge >= 0.3 is 0 Å². The third-order valence-corrected chi connectivity index (χ3v) is 4.60. The molecule has 0 saturated heterocycles. The number of nitrogen functional groups attached to an aromatic ring is 1. The maximum Gasteiger partial charge on any atom is 0.240 e. The van der Waals surface area contributed by atoms with Gasteiger partial charge in [0.15, 0.2) is 0 Å². The summed E-state index contributed by atoms with van der Waals surface area (Å²) in [7, 11) is -3.54. The van der Waals surface area contributed by atoms with Crippen LogP contribution >= 0.6 is 0 Å². The second-order valence-corrected chi connectivity index (χ2v) is 6.58. The normalized spacial score (nSPS) is 11.8. The summed E-state index contributed by atoms with van der Waals surface area (Å²) in [4.78, 5) is 0.239. The molecule has 0 saturated carbocycles. The lowest BCUT2D eigenvalue weighted by molar-refractivity contribution is 0.136. The first-order valence-corrected chi connectivity index (χ1v) is 8.31. The molecular weight excluding hydrogens is 276 g/mol. The minimum Gasteiger partial charge on any atom is -0.398 e. The Bertz CT molecular complexity index is 542. The highest BCUT2D eigenvalue weighted by atomic mass is 32.2. The topological polar surface area (TPSA) is 81.4 Å². The van der Waals surface area contributed by atoms with Crippen LogP contribution in [-0.2, 0) is 14.8 Å². The van der Waals surface area contributed by atoms with E-state index < -0.39 is 10.0 Å². The Labute approximate surface area is 121 Å². The molecule has 114 valence electrons. The third-order valence-electron chi connectivity index (χ3n) is 3.01. The van der Waals surface area contributed by atoms with Crippen molar-refractivity contribution in [1.29, 1.82) is 0 Å². The van der Waals surface area contributed by atoms with Crippen molar-refractivity contribution in [3.05, 3.63) is 23.3 Å². The Balaban J connectivity index is 2.65. The van der Waals surface area contributed by atoms with Crippen molar-refractivity contribution in [3.63, 3.8) is 0 Å². The number of hydrogen-bond donors (Lipinski definition) is 2. The number of aryl methyl sites for hydroxylation is 1. The number of unbranched alkanes of at least 4 members (excludes halogenated alkanes) is 1. The molecule has 0 aliphatic rings. The fourth-order valence-electron chi connectivity index (χ4n) is 1.81. The number of hydrogen-bond acceptors (Lipinski definition) is 4. The maximum absolute atomic E-state index is 12.2. The van der Waals surface area contributed by atoms with Gasteiger partial charge in [-0.25, -0.2) is 13.1 Å². The van der Waals surface area contributed by atoms with Crippen LogP contribution < -0.4 is 10.5 Å². The molecule has 0 unspecified atom stereocenters. The van der Waals surface area contributed by atoms with Crippen molar-refractivity contribution in [1.82, 2.24) is 4.72 Å². The van der Waals surface area contributed by atoms with E-state index >= 15 is 0 Å². The number of sulfonamides is 1. The summed E-state index contributed by atoms with van der Waals surface area (Å²) in [5, 5.41) is 0. The minimum atomic E-state index is -3.54. The molecular formula is C14H24N2O3S.